The highest BCUT2D eigenvalue weighted by molar-refractivity contribution is 9.10. The van der Waals surface area contributed by atoms with Crippen molar-refractivity contribution in [1.82, 2.24) is 19.1 Å². The Morgan fingerprint density at radius 1 is 1.17 bits per heavy atom. The van der Waals surface area contributed by atoms with E-state index in [2.05, 4.69) is 25.9 Å². The first kappa shape index (κ1) is 15.6. The number of hydrogen-bond acceptors (Lipinski definition) is 5. The molecule has 0 unspecified atom stereocenters. The largest absolute Gasteiger partial charge is 0.303 e. The summed E-state index contributed by atoms with van der Waals surface area (Å²) in [4.78, 5) is 20.1. The van der Waals surface area contributed by atoms with Gasteiger partial charge in [0.2, 0.25) is 0 Å². The van der Waals surface area contributed by atoms with Gasteiger partial charge in [-0.3, -0.25) is 4.79 Å². The third-order valence-corrected chi connectivity index (χ3v) is 4.89. The van der Waals surface area contributed by atoms with Gasteiger partial charge in [-0.15, -0.1) is 0 Å². The van der Waals surface area contributed by atoms with Gasteiger partial charge in [-0.1, -0.05) is 0 Å². The lowest BCUT2D eigenvalue weighted by Crippen LogP contribution is -2.31. The minimum atomic E-state index is -4.03. The fourth-order valence-corrected chi connectivity index (χ4v) is 3.15. The molecular weight excluding hydrogens is 384 g/mol. The highest BCUT2D eigenvalue weighted by atomic mass is 79.9. The number of aromatic nitrogens is 3. The molecule has 9 heteroatoms. The van der Waals surface area contributed by atoms with Crippen molar-refractivity contribution >= 4 is 37.4 Å². The van der Waals surface area contributed by atoms with Crippen LogP contribution in [0, 0.1) is 6.92 Å². The van der Waals surface area contributed by atoms with Crippen LogP contribution in [0.25, 0.3) is 5.52 Å². The van der Waals surface area contributed by atoms with Crippen LogP contribution in [-0.4, -0.2) is 28.7 Å². The Morgan fingerprint density at radius 2 is 1.96 bits per heavy atom. The van der Waals surface area contributed by atoms with Gasteiger partial charge in [-0.05, 0) is 47.1 Å². The molecule has 3 aromatic heterocycles. The van der Waals surface area contributed by atoms with E-state index in [1.165, 1.54) is 30.6 Å². The third-order valence-electron chi connectivity index (χ3n) is 3.18. The molecule has 0 saturated carbocycles. The van der Waals surface area contributed by atoms with Gasteiger partial charge in [-0.25, -0.2) is 14.7 Å². The van der Waals surface area contributed by atoms with Crippen LogP contribution in [0.5, 0.6) is 0 Å². The van der Waals surface area contributed by atoms with Crippen molar-refractivity contribution in [1.29, 1.82) is 0 Å². The number of aryl methyl sites for hydroxylation is 1. The number of amides is 1. The molecule has 0 atom stereocenters. The number of pyridine rings is 2. The molecule has 1 amide bonds. The summed E-state index contributed by atoms with van der Waals surface area (Å²) < 4.78 is 28.7. The lowest BCUT2D eigenvalue weighted by atomic mass is 10.2. The van der Waals surface area contributed by atoms with Gasteiger partial charge in [0.25, 0.3) is 15.9 Å². The first-order valence-electron chi connectivity index (χ1n) is 6.49. The van der Waals surface area contributed by atoms with Crippen molar-refractivity contribution in [3.8, 4) is 0 Å². The van der Waals surface area contributed by atoms with Crippen LogP contribution in [0.1, 0.15) is 16.2 Å². The van der Waals surface area contributed by atoms with E-state index in [0.29, 0.717) is 10.3 Å². The van der Waals surface area contributed by atoms with Crippen LogP contribution < -0.4 is 4.72 Å². The van der Waals surface area contributed by atoms with Gasteiger partial charge in [0.05, 0.1) is 17.3 Å². The molecule has 3 rings (SSSR count). The number of rotatable bonds is 3. The first-order valence-corrected chi connectivity index (χ1v) is 8.77. The van der Waals surface area contributed by atoms with E-state index in [4.69, 9.17) is 0 Å². The van der Waals surface area contributed by atoms with E-state index < -0.39 is 15.9 Å². The van der Waals surface area contributed by atoms with E-state index >= 15 is 0 Å². The smallest absolute Gasteiger partial charge is 0.281 e. The van der Waals surface area contributed by atoms with Crippen LogP contribution in [-0.2, 0) is 10.0 Å². The van der Waals surface area contributed by atoms with Crippen LogP contribution >= 0.6 is 15.9 Å². The number of hydrogen-bond donors (Lipinski definition) is 1. The quantitative estimate of drug-likeness (QED) is 0.732. The molecule has 7 nitrogen and oxygen atoms in total. The Balaban J connectivity index is 1.90. The minimum Gasteiger partial charge on any atom is -0.303 e. The lowest BCUT2D eigenvalue weighted by molar-refractivity contribution is 0.0981. The highest BCUT2D eigenvalue weighted by Crippen LogP contribution is 2.13. The van der Waals surface area contributed by atoms with Gasteiger partial charge >= 0.3 is 0 Å². The molecule has 0 bridgehead atoms. The number of nitrogens with zero attached hydrogens (tertiary/aromatic N) is 3. The zero-order chi connectivity index (χ0) is 16.6. The van der Waals surface area contributed by atoms with E-state index in [9.17, 15) is 13.2 Å². The monoisotopic (exact) mass is 394 g/mol. The molecule has 0 fully saturated rings. The molecule has 23 heavy (non-hydrogen) atoms. The van der Waals surface area contributed by atoms with Crippen molar-refractivity contribution in [3.63, 3.8) is 0 Å². The van der Waals surface area contributed by atoms with E-state index in [0.717, 1.165) is 5.52 Å². The second-order valence-electron chi connectivity index (χ2n) is 4.77. The molecule has 0 aliphatic heterocycles. The van der Waals surface area contributed by atoms with Crippen molar-refractivity contribution in [2.45, 2.75) is 11.9 Å². The van der Waals surface area contributed by atoms with Crippen molar-refractivity contribution in [2.24, 2.45) is 0 Å². The van der Waals surface area contributed by atoms with Crippen LogP contribution in [0.4, 0.5) is 0 Å². The number of nitrogens with one attached hydrogen (secondary N) is 1. The number of sulfonamides is 1. The summed E-state index contributed by atoms with van der Waals surface area (Å²) in [5.74, 6) is -0.0307. The Hall–Kier alpha value is -2.26. The predicted octanol–water partition coefficient (Wildman–Crippen LogP) is 1.92. The zero-order valence-corrected chi connectivity index (χ0v) is 14.3. The minimum absolute atomic E-state index is 0.208. The molecule has 0 spiro atoms. The average molecular weight is 395 g/mol. The molecular formula is C14H11BrN4O3S. The summed E-state index contributed by atoms with van der Waals surface area (Å²) in [6, 6.07) is 6.07. The summed E-state index contributed by atoms with van der Waals surface area (Å²) in [7, 11) is -4.03. The summed E-state index contributed by atoms with van der Waals surface area (Å²) in [6.07, 6.45) is 4.55. The second-order valence-corrected chi connectivity index (χ2v) is 7.31. The maximum Gasteiger partial charge on any atom is 0.281 e. The standard InChI is InChI=1S/C14H11BrN4O3S/c1-9-16-7-12-4-2-10(8-19(9)12)14(20)18-23(21,22)13-5-3-11(15)6-17-13/h2-8H,1H3,(H,18,20). The van der Waals surface area contributed by atoms with E-state index in [1.54, 1.807) is 23.6 Å². The summed E-state index contributed by atoms with van der Waals surface area (Å²) in [6.45, 7) is 1.79. The second kappa shape index (κ2) is 5.74. The van der Waals surface area contributed by atoms with Gasteiger partial charge in [0.1, 0.15) is 5.82 Å². The molecule has 0 aliphatic carbocycles. The number of fused-ring (bicyclic) bond motifs is 1. The fraction of sp³-hybridized carbons (Fsp3) is 0.0714. The third kappa shape index (κ3) is 3.10. The Bertz CT molecular complexity index is 997. The maximum absolute atomic E-state index is 12.2. The van der Waals surface area contributed by atoms with Crippen LogP contribution in [0.2, 0.25) is 0 Å². The zero-order valence-electron chi connectivity index (χ0n) is 11.9. The first-order chi connectivity index (χ1) is 10.9. The Labute approximate surface area is 140 Å². The fourth-order valence-electron chi connectivity index (χ4n) is 2.01. The maximum atomic E-state index is 12.2. The van der Waals surface area contributed by atoms with Gasteiger partial charge < -0.3 is 4.40 Å². The Kier molecular flexibility index (Phi) is 3.90. The van der Waals surface area contributed by atoms with Gasteiger partial charge in [0.15, 0.2) is 5.03 Å². The average Bonchev–Trinajstić information content (AvgIpc) is 2.88. The molecule has 0 aliphatic rings. The molecule has 3 heterocycles. The SMILES string of the molecule is Cc1ncc2ccc(C(=O)NS(=O)(=O)c3ccc(Br)cn3)cn12. The summed E-state index contributed by atoms with van der Waals surface area (Å²) >= 11 is 3.17. The lowest BCUT2D eigenvalue weighted by Gasteiger charge is -2.07. The van der Waals surface area contributed by atoms with Crippen molar-refractivity contribution in [2.75, 3.05) is 0 Å². The van der Waals surface area contributed by atoms with Gasteiger partial charge in [-0.2, -0.15) is 8.42 Å². The number of imidazole rings is 1. The topological polar surface area (TPSA) is 93.4 Å². The van der Waals surface area contributed by atoms with Crippen LogP contribution in [0.15, 0.2) is 52.4 Å². The van der Waals surface area contributed by atoms with Gasteiger partial charge in [0, 0.05) is 16.9 Å². The molecule has 118 valence electrons. The molecule has 0 saturated heterocycles. The summed E-state index contributed by atoms with van der Waals surface area (Å²) in [5.41, 5.74) is 1.02. The normalized spacial score (nSPS) is 11.6. The number of carbonyl (C=O) groups is 1. The van der Waals surface area contributed by atoms with Crippen molar-refractivity contribution in [3.05, 3.63) is 58.7 Å². The van der Waals surface area contributed by atoms with Crippen molar-refractivity contribution < 1.29 is 13.2 Å². The molecule has 3 aromatic rings. The van der Waals surface area contributed by atoms with E-state index in [1.807, 2.05) is 4.72 Å². The summed E-state index contributed by atoms with van der Waals surface area (Å²) in [5, 5.41) is -0.228. The molecule has 1 N–H and O–H groups in total. The molecule has 0 aromatic carbocycles. The number of carbonyl (C=O) groups excluding carboxylic acids is 1. The highest BCUT2D eigenvalue weighted by Gasteiger charge is 2.20. The van der Waals surface area contributed by atoms with Crippen LogP contribution in [0.3, 0.4) is 0 Å². The molecule has 0 radical (unpaired) electrons. The predicted molar refractivity (Wildman–Crippen MR) is 86.5 cm³/mol. The van der Waals surface area contributed by atoms with E-state index in [-0.39, 0.29) is 10.6 Å². The Morgan fingerprint density at radius 3 is 2.65 bits per heavy atom. The number of halogens is 1.